The van der Waals surface area contributed by atoms with E-state index in [1.165, 1.54) is 12.8 Å². The molecular formula is C13H22N4O. The van der Waals surface area contributed by atoms with Crippen molar-refractivity contribution in [3.05, 3.63) is 23.9 Å². The van der Waals surface area contributed by atoms with Gasteiger partial charge >= 0.3 is 0 Å². The fraction of sp³-hybridized carbons (Fsp3) is 0.615. The molecule has 1 heterocycles. The molecule has 0 amide bonds. The summed E-state index contributed by atoms with van der Waals surface area (Å²) in [7, 11) is 1.77. The number of nitrogen functional groups attached to an aromatic ring is 1. The molecule has 1 aromatic rings. The lowest BCUT2D eigenvalue weighted by molar-refractivity contribution is -0.0355. The molecule has 0 aliphatic heterocycles. The van der Waals surface area contributed by atoms with E-state index in [2.05, 4.69) is 10.4 Å². The van der Waals surface area contributed by atoms with E-state index in [0.717, 1.165) is 24.8 Å². The second-order valence-corrected chi connectivity index (χ2v) is 4.99. The summed E-state index contributed by atoms with van der Waals surface area (Å²) in [6, 6.07) is 3.97. The van der Waals surface area contributed by atoms with Crippen LogP contribution in [0.25, 0.3) is 0 Å². The van der Waals surface area contributed by atoms with Crippen molar-refractivity contribution in [3.8, 4) is 0 Å². The smallest absolute Gasteiger partial charge is 0.123 e. The van der Waals surface area contributed by atoms with Gasteiger partial charge in [0.2, 0.25) is 0 Å². The Labute approximate surface area is 108 Å². The van der Waals surface area contributed by atoms with Gasteiger partial charge in [-0.1, -0.05) is 12.8 Å². The molecule has 0 bridgehead atoms. The Bertz CT molecular complexity index is 390. The van der Waals surface area contributed by atoms with Gasteiger partial charge < -0.3 is 10.5 Å². The number of hydrogen-bond donors (Lipinski definition) is 3. The van der Waals surface area contributed by atoms with Gasteiger partial charge in [-0.25, -0.2) is 4.98 Å². The largest absolute Gasteiger partial charge is 0.384 e. The van der Waals surface area contributed by atoms with Crippen molar-refractivity contribution in [2.45, 2.75) is 43.7 Å². The molecule has 0 spiro atoms. The van der Waals surface area contributed by atoms with Crippen molar-refractivity contribution < 1.29 is 4.74 Å². The minimum atomic E-state index is -0.146. The number of hydrogen-bond acceptors (Lipinski definition) is 5. The monoisotopic (exact) mass is 250 g/mol. The van der Waals surface area contributed by atoms with Gasteiger partial charge in [-0.2, -0.15) is 0 Å². The Morgan fingerprint density at radius 3 is 2.78 bits per heavy atom. The van der Waals surface area contributed by atoms with Crippen LogP contribution in [0, 0.1) is 0 Å². The van der Waals surface area contributed by atoms with Crippen LogP contribution in [-0.2, 0) is 11.2 Å². The molecule has 1 aliphatic rings. The van der Waals surface area contributed by atoms with Crippen LogP contribution in [0.3, 0.4) is 0 Å². The third kappa shape index (κ3) is 2.63. The number of nitrogens with two attached hydrogens (primary N) is 2. The van der Waals surface area contributed by atoms with Crippen LogP contribution in [0.4, 0.5) is 5.82 Å². The average molecular weight is 250 g/mol. The molecule has 1 aromatic heterocycles. The van der Waals surface area contributed by atoms with Crippen LogP contribution in [0.15, 0.2) is 18.3 Å². The number of aromatic nitrogens is 1. The van der Waals surface area contributed by atoms with E-state index in [-0.39, 0.29) is 11.6 Å². The van der Waals surface area contributed by atoms with Crippen molar-refractivity contribution in [3.63, 3.8) is 0 Å². The summed E-state index contributed by atoms with van der Waals surface area (Å²) in [5.74, 6) is 6.27. The molecule has 18 heavy (non-hydrogen) atoms. The second-order valence-electron chi connectivity index (χ2n) is 4.99. The molecule has 1 unspecified atom stereocenters. The summed E-state index contributed by atoms with van der Waals surface area (Å²) in [5.41, 5.74) is 9.61. The van der Waals surface area contributed by atoms with Crippen molar-refractivity contribution >= 4 is 5.82 Å². The van der Waals surface area contributed by atoms with Crippen LogP contribution in [0.5, 0.6) is 0 Å². The third-order valence-electron chi connectivity index (χ3n) is 3.98. The lowest BCUT2D eigenvalue weighted by atomic mass is 9.88. The molecule has 0 radical (unpaired) electrons. The first-order valence-electron chi connectivity index (χ1n) is 6.42. The Hall–Kier alpha value is -1.17. The van der Waals surface area contributed by atoms with Crippen LogP contribution in [0.1, 0.15) is 31.2 Å². The van der Waals surface area contributed by atoms with Crippen molar-refractivity contribution in [2.75, 3.05) is 12.8 Å². The molecular weight excluding hydrogens is 228 g/mol. The van der Waals surface area contributed by atoms with Crippen LogP contribution in [0.2, 0.25) is 0 Å². The molecule has 1 atom stereocenters. The molecule has 100 valence electrons. The van der Waals surface area contributed by atoms with Gasteiger partial charge in [0.15, 0.2) is 0 Å². The first-order chi connectivity index (χ1) is 8.70. The van der Waals surface area contributed by atoms with Crippen LogP contribution in [-0.4, -0.2) is 23.7 Å². The van der Waals surface area contributed by atoms with E-state index >= 15 is 0 Å². The molecule has 1 saturated carbocycles. The summed E-state index contributed by atoms with van der Waals surface area (Å²) in [5, 5.41) is 0. The molecule has 5 heteroatoms. The third-order valence-corrected chi connectivity index (χ3v) is 3.98. The number of hydrazine groups is 1. The van der Waals surface area contributed by atoms with E-state index in [9.17, 15) is 0 Å². The average Bonchev–Trinajstić information content (AvgIpc) is 2.86. The summed E-state index contributed by atoms with van der Waals surface area (Å²) >= 11 is 0. The summed E-state index contributed by atoms with van der Waals surface area (Å²) in [6.45, 7) is 0. The zero-order valence-electron chi connectivity index (χ0n) is 10.9. The zero-order chi connectivity index (χ0) is 13.0. The molecule has 1 fully saturated rings. The molecule has 2 rings (SSSR count). The molecule has 0 saturated heterocycles. The van der Waals surface area contributed by atoms with Gasteiger partial charge in [-0.15, -0.1) is 0 Å². The first-order valence-corrected chi connectivity index (χ1v) is 6.42. The number of ether oxygens (including phenoxy) is 1. The predicted octanol–water partition coefficient (Wildman–Crippen LogP) is 0.997. The summed E-state index contributed by atoms with van der Waals surface area (Å²) < 4.78 is 5.76. The molecule has 5 nitrogen and oxygen atoms in total. The Morgan fingerprint density at radius 2 is 2.22 bits per heavy atom. The minimum Gasteiger partial charge on any atom is -0.384 e. The fourth-order valence-corrected chi connectivity index (χ4v) is 2.92. The highest BCUT2D eigenvalue weighted by molar-refractivity contribution is 5.32. The van der Waals surface area contributed by atoms with Crippen molar-refractivity contribution in [1.82, 2.24) is 10.4 Å². The predicted molar refractivity (Wildman–Crippen MR) is 71.7 cm³/mol. The highest BCUT2D eigenvalue weighted by Crippen LogP contribution is 2.36. The molecule has 1 aliphatic carbocycles. The first kappa shape index (κ1) is 13.3. The molecule has 5 N–H and O–H groups in total. The Balaban J connectivity index is 2.13. The lowest BCUT2D eigenvalue weighted by Crippen LogP contribution is -2.54. The van der Waals surface area contributed by atoms with E-state index in [4.69, 9.17) is 16.3 Å². The van der Waals surface area contributed by atoms with Gasteiger partial charge in [-0.05, 0) is 37.0 Å². The summed E-state index contributed by atoms with van der Waals surface area (Å²) in [6.07, 6.45) is 7.04. The normalized spacial score (nSPS) is 19.9. The zero-order valence-corrected chi connectivity index (χ0v) is 10.9. The number of pyridine rings is 1. The quantitative estimate of drug-likeness (QED) is 0.536. The maximum Gasteiger partial charge on any atom is 0.123 e. The van der Waals surface area contributed by atoms with E-state index in [1.807, 2.05) is 12.1 Å². The molecule has 0 aromatic carbocycles. The number of methoxy groups -OCH3 is 1. The van der Waals surface area contributed by atoms with Crippen LogP contribution < -0.4 is 17.0 Å². The standard InChI is InChI=1S/C13H22N4O/c1-18-13(5-2-3-6-13)11(17-15)8-10-4-7-16-12(14)9-10/h4,7,9,11,17H,2-3,5-6,8,15H2,1H3,(H2,14,16). The lowest BCUT2D eigenvalue weighted by Gasteiger charge is -2.36. The Kier molecular flexibility index (Phi) is 4.16. The van der Waals surface area contributed by atoms with E-state index < -0.39 is 0 Å². The number of rotatable bonds is 5. The minimum absolute atomic E-state index is 0.104. The second kappa shape index (κ2) is 5.65. The SMILES string of the molecule is COC1(C(Cc2ccnc(N)c2)NN)CCCC1. The number of nitrogens with one attached hydrogen (secondary N) is 1. The van der Waals surface area contributed by atoms with Crippen molar-refractivity contribution in [1.29, 1.82) is 0 Å². The number of nitrogens with zero attached hydrogens (tertiary/aromatic N) is 1. The van der Waals surface area contributed by atoms with Gasteiger partial charge in [-0.3, -0.25) is 11.3 Å². The van der Waals surface area contributed by atoms with Crippen LogP contribution >= 0.6 is 0 Å². The Morgan fingerprint density at radius 1 is 1.50 bits per heavy atom. The van der Waals surface area contributed by atoms with Gasteiger partial charge in [0.25, 0.3) is 0 Å². The van der Waals surface area contributed by atoms with E-state index in [1.54, 1.807) is 13.3 Å². The fourth-order valence-electron chi connectivity index (χ4n) is 2.92. The highest BCUT2D eigenvalue weighted by atomic mass is 16.5. The van der Waals surface area contributed by atoms with Gasteiger partial charge in [0, 0.05) is 13.3 Å². The maximum absolute atomic E-state index is 5.76. The van der Waals surface area contributed by atoms with Gasteiger partial charge in [0.05, 0.1) is 11.6 Å². The van der Waals surface area contributed by atoms with E-state index in [0.29, 0.717) is 5.82 Å². The van der Waals surface area contributed by atoms with Crippen molar-refractivity contribution in [2.24, 2.45) is 5.84 Å². The topological polar surface area (TPSA) is 86.2 Å². The highest BCUT2D eigenvalue weighted by Gasteiger charge is 2.41. The number of anilines is 1. The van der Waals surface area contributed by atoms with Gasteiger partial charge in [0.1, 0.15) is 5.82 Å². The summed E-state index contributed by atoms with van der Waals surface area (Å²) in [4.78, 5) is 4.00. The maximum atomic E-state index is 5.76.